The SMILES string of the molecule is Cc1ccc(F)c(-c2nc(CN3CCCCC3CN)no2)c1. The lowest BCUT2D eigenvalue weighted by molar-refractivity contribution is 0.140. The highest BCUT2D eigenvalue weighted by molar-refractivity contribution is 5.55. The molecule has 1 unspecified atom stereocenters. The van der Waals surface area contributed by atoms with E-state index < -0.39 is 0 Å². The summed E-state index contributed by atoms with van der Waals surface area (Å²) in [5, 5.41) is 3.99. The second kappa shape index (κ2) is 6.54. The first-order chi connectivity index (χ1) is 10.7. The summed E-state index contributed by atoms with van der Waals surface area (Å²) >= 11 is 0. The second-order valence-corrected chi connectivity index (χ2v) is 5.85. The van der Waals surface area contributed by atoms with Gasteiger partial charge < -0.3 is 10.3 Å². The van der Waals surface area contributed by atoms with Crippen LogP contribution in [-0.2, 0) is 6.54 Å². The Balaban J connectivity index is 1.77. The van der Waals surface area contributed by atoms with Crippen LogP contribution >= 0.6 is 0 Å². The van der Waals surface area contributed by atoms with E-state index in [1.165, 1.54) is 12.5 Å². The monoisotopic (exact) mass is 304 g/mol. The minimum absolute atomic E-state index is 0.234. The molecule has 2 heterocycles. The van der Waals surface area contributed by atoms with E-state index >= 15 is 0 Å². The number of aryl methyl sites for hydroxylation is 1. The van der Waals surface area contributed by atoms with Crippen molar-refractivity contribution in [1.29, 1.82) is 0 Å². The molecule has 0 bridgehead atoms. The van der Waals surface area contributed by atoms with Crippen molar-refractivity contribution in [3.05, 3.63) is 35.4 Å². The Bertz CT molecular complexity index is 643. The van der Waals surface area contributed by atoms with Crippen molar-refractivity contribution in [1.82, 2.24) is 15.0 Å². The number of halogens is 1. The van der Waals surface area contributed by atoms with Gasteiger partial charge in [0.05, 0.1) is 12.1 Å². The molecule has 118 valence electrons. The molecule has 0 aliphatic carbocycles. The van der Waals surface area contributed by atoms with Crippen molar-refractivity contribution in [3.8, 4) is 11.5 Å². The fraction of sp³-hybridized carbons (Fsp3) is 0.500. The Morgan fingerprint density at radius 3 is 3.09 bits per heavy atom. The van der Waals surface area contributed by atoms with E-state index in [9.17, 15) is 4.39 Å². The second-order valence-electron chi connectivity index (χ2n) is 5.85. The number of rotatable bonds is 4. The minimum atomic E-state index is -0.349. The van der Waals surface area contributed by atoms with Crippen molar-refractivity contribution in [3.63, 3.8) is 0 Å². The van der Waals surface area contributed by atoms with Crippen LogP contribution in [0.2, 0.25) is 0 Å². The average Bonchev–Trinajstić information content (AvgIpc) is 2.98. The summed E-state index contributed by atoms with van der Waals surface area (Å²) in [6.07, 6.45) is 3.48. The summed E-state index contributed by atoms with van der Waals surface area (Å²) in [4.78, 5) is 6.63. The number of likely N-dealkylation sites (tertiary alicyclic amines) is 1. The van der Waals surface area contributed by atoms with Gasteiger partial charge in [-0.2, -0.15) is 4.98 Å². The normalized spacial score (nSPS) is 19.5. The number of nitrogens with zero attached hydrogens (tertiary/aromatic N) is 3. The van der Waals surface area contributed by atoms with Crippen LogP contribution in [0.4, 0.5) is 4.39 Å². The first kappa shape index (κ1) is 15.1. The number of hydrogen-bond donors (Lipinski definition) is 1. The zero-order valence-electron chi connectivity index (χ0n) is 12.8. The van der Waals surface area contributed by atoms with Crippen LogP contribution in [0.15, 0.2) is 22.7 Å². The Labute approximate surface area is 129 Å². The van der Waals surface area contributed by atoms with Crippen molar-refractivity contribution >= 4 is 0 Å². The van der Waals surface area contributed by atoms with E-state index in [2.05, 4.69) is 15.0 Å². The largest absolute Gasteiger partial charge is 0.334 e. The van der Waals surface area contributed by atoms with Crippen molar-refractivity contribution in [2.24, 2.45) is 5.73 Å². The molecule has 2 aromatic rings. The van der Waals surface area contributed by atoms with Gasteiger partial charge in [-0.1, -0.05) is 23.2 Å². The Hall–Kier alpha value is -1.79. The molecular formula is C16H21FN4O. The molecule has 5 nitrogen and oxygen atoms in total. The lowest BCUT2D eigenvalue weighted by atomic mass is 10.0. The zero-order chi connectivity index (χ0) is 15.5. The van der Waals surface area contributed by atoms with Crippen molar-refractivity contribution in [2.75, 3.05) is 13.1 Å². The topological polar surface area (TPSA) is 68.2 Å². The summed E-state index contributed by atoms with van der Waals surface area (Å²) < 4.78 is 19.1. The van der Waals surface area contributed by atoms with Crippen LogP contribution in [0, 0.1) is 12.7 Å². The molecular weight excluding hydrogens is 283 g/mol. The van der Waals surface area contributed by atoms with Crippen LogP contribution in [0.5, 0.6) is 0 Å². The molecule has 1 atom stereocenters. The molecule has 1 saturated heterocycles. The smallest absolute Gasteiger partial charge is 0.260 e. The third kappa shape index (κ3) is 3.18. The lowest BCUT2D eigenvalue weighted by Crippen LogP contribution is -2.43. The standard InChI is InChI=1S/C16H21FN4O/c1-11-5-6-14(17)13(8-11)16-19-15(20-22-16)10-21-7-3-2-4-12(21)9-18/h5-6,8,12H,2-4,7,9-10,18H2,1H3. The van der Waals surface area contributed by atoms with Gasteiger partial charge in [-0.15, -0.1) is 0 Å². The fourth-order valence-corrected chi connectivity index (χ4v) is 2.95. The third-order valence-corrected chi connectivity index (χ3v) is 4.19. The van der Waals surface area contributed by atoms with E-state index in [0.29, 0.717) is 30.5 Å². The summed E-state index contributed by atoms with van der Waals surface area (Å²) in [5.74, 6) is 0.465. The molecule has 1 aliphatic heterocycles. The van der Waals surface area contributed by atoms with Gasteiger partial charge in [0.15, 0.2) is 5.82 Å². The maximum atomic E-state index is 13.9. The van der Waals surface area contributed by atoms with Crippen molar-refractivity contribution in [2.45, 2.75) is 38.8 Å². The molecule has 1 aliphatic rings. The highest BCUT2D eigenvalue weighted by Gasteiger charge is 2.23. The number of piperidine rings is 1. The first-order valence-electron chi connectivity index (χ1n) is 7.70. The lowest BCUT2D eigenvalue weighted by Gasteiger charge is -2.33. The number of benzene rings is 1. The molecule has 1 fully saturated rings. The van der Waals surface area contributed by atoms with E-state index in [1.807, 2.05) is 6.92 Å². The maximum absolute atomic E-state index is 13.9. The highest BCUT2D eigenvalue weighted by atomic mass is 19.1. The van der Waals surface area contributed by atoms with Gasteiger partial charge in [-0.25, -0.2) is 4.39 Å². The molecule has 0 spiro atoms. The molecule has 0 radical (unpaired) electrons. The molecule has 1 aromatic carbocycles. The van der Waals surface area contributed by atoms with Crippen molar-refractivity contribution < 1.29 is 8.91 Å². The van der Waals surface area contributed by atoms with Gasteiger partial charge in [-0.05, 0) is 38.4 Å². The van der Waals surface area contributed by atoms with Crippen LogP contribution in [-0.4, -0.2) is 34.2 Å². The Morgan fingerprint density at radius 1 is 1.41 bits per heavy atom. The summed E-state index contributed by atoms with van der Waals surface area (Å²) in [7, 11) is 0. The highest BCUT2D eigenvalue weighted by Crippen LogP contribution is 2.23. The number of nitrogens with two attached hydrogens (primary N) is 1. The molecule has 22 heavy (non-hydrogen) atoms. The summed E-state index contributed by atoms with van der Waals surface area (Å²) in [6.45, 7) is 4.13. The quantitative estimate of drug-likeness (QED) is 0.940. The van der Waals surface area contributed by atoms with E-state index in [0.717, 1.165) is 24.9 Å². The first-order valence-corrected chi connectivity index (χ1v) is 7.70. The Kier molecular flexibility index (Phi) is 4.49. The van der Waals surface area contributed by atoms with Crippen LogP contribution < -0.4 is 5.73 Å². The van der Waals surface area contributed by atoms with E-state index in [-0.39, 0.29) is 11.7 Å². The predicted molar refractivity (Wildman–Crippen MR) is 81.5 cm³/mol. The summed E-state index contributed by atoms with van der Waals surface area (Å²) in [6, 6.07) is 5.22. The Morgan fingerprint density at radius 2 is 2.27 bits per heavy atom. The van der Waals surface area contributed by atoms with E-state index in [1.54, 1.807) is 12.1 Å². The molecule has 0 amide bonds. The molecule has 1 aromatic heterocycles. The third-order valence-electron chi connectivity index (χ3n) is 4.19. The molecule has 2 N–H and O–H groups in total. The van der Waals surface area contributed by atoms with Crippen LogP contribution in [0.3, 0.4) is 0 Å². The van der Waals surface area contributed by atoms with Gasteiger partial charge in [0, 0.05) is 12.6 Å². The number of aromatic nitrogens is 2. The van der Waals surface area contributed by atoms with Crippen LogP contribution in [0.25, 0.3) is 11.5 Å². The molecule has 3 rings (SSSR count). The number of hydrogen-bond acceptors (Lipinski definition) is 5. The van der Waals surface area contributed by atoms with Gasteiger partial charge in [0.1, 0.15) is 5.82 Å². The zero-order valence-corrected chi connectivity index (χ0v) is 12.8. The molecule has 6 heteroatoms. The van der Waals surface area contributed by atoms with Gasteiger partial charge >= 0.3 is 0 Å². The minimum Gasteiger partial charge on any atom is -0.334 e. The maximum Gasteiger partial charge on any atom is 0.260 e. The fourth-order valence-electron chi connectivity index (χ4n) is 2.95. The van der Waals surface area contributed by atoms with E-state index in [4.69, 9.17) is 10.3 Å². The van der Waals surface area contributed by atoms with Gasteiger partial charge in [-0.3, -0.25) is 4.90 Å². The predicted octanol–water partition coefficient (Wildman–Crippen LogP) is 2.50. The average molecular weight is 304 g/mol. The van der Waals surface area contributed by atoms with Crippen LogP contribution in [0.1, 0.15) is 30.7 Å². The summed E-state index contributed by atoms with van der Waals surface area (Å²) in [5.41, 5.74) is 7.13. The molecule has 0 saturated carbocycles. The van der Waals surface area contributed by atoms with Gasteiger partial charge in [0.25, 0.3) is 5.89 Å². The van der Waals surface area contributed by atoms with Gasteiger partial charge in [0.2, 0.25) is 0 Å².